The number of carboxylic acids is 1. The molecule has 0 unspecified atom stereocenters. The zero-order valence-electron chi connectivity index (χ0n) is 13.1. The molecule has 0 bridgehead atoms. The molecule has 1 aromatic carbocycles. The van der Waals surface area contributed by atoms with Crippen LogP contribution in [-0.4, -0.2) is 50.4 Å². The number of likely N-dealkylation sites (N-methyl/N-ethyl adjacent to an activating group) is 1. The summed E-state index contributed by atoms with van der Waals surface area (Å²) in [6.07, 6.45) is 4.99. The Labute approximate surface area is 153 Å². The first-order valence-corrected chi connectivity index (χ1v) is 8.03. The van der Waals surface area contributed by atoms with Gasteiger partial charge in [0.15, 0.2) is 6.04 Å². The molecule has 0 aliphatic heterocycles. The normalized spacial score (nSPS) is 12.3. The Morgan fingerprint density at radius 1 is 1.40 bits per heavy atom. The standard InChI is InChI=1S/C16H14Cl2N4O3/c1-21(12(7-23)16(24)25)13-6-11(22-5-4-19-8-22)9-2-3-10(17)14(18)15(9)20-13/h2-6,8,12,23H,7H2,1H3,(H,24,25)/t12-/m0/s1. The molecule has 0 aliphatic carbocycles. The van der Waals surface area contributed by atoms with Crippen molar-refractivity contribution in [2.24, 2.45) is 0 Å². The maximum absolute atomic E-state index is 11.4. The van der Waals surface area contributed by atoms with Crippen molar-refractivity contribution in [3.63, 3.8) is 0 Å². The Morgan fingerprint density at radius 3 is 2.76 bits per heavy atom. The van der Waals surface area contributed by atoms with Crippen molar-refractivity contribution in [1.82, 2.24) is 14.5 Å². The van der Waals surface area contributed by atoms with E-state index in [-0.39, 0.29) is 5.02 Å². The van der Waals surface area contributed by atoms with E-state index in [4.69, 9.17) is 23.2 Å². The fourth-order valence-electron chi connectivity index (χ4n) is 2.52. The fraction of sp³-hybridized carbons (Fsp3) is 0.188. The van der Waals surface area contributed by atoms with Crippen molar-refractivity contribution < 1.29 is 15.0 Å². The quantitative estimate of drug-likeness (QED) is 0.706. The smallest absolute Gasteiger partial charge is 0.328 e. The monoisotopic (exact) mass is 380 g/mol. The van der Waals surface area contributed by atoms with Gasteiger partial charge in [0.25, 0.3) is 0 Å². The molecular weight excluding hydrogens is 367 g/mol. The van der Waals surface area contributed by atoms with Crippen LogP contribution in [0, 0.1) is 0 Å². The highest BCUT2D eigenvalue weighted by molar-refractivity contribution is 6.45. The molecule has 0 saturated carbocycles. The topological polar surface area (TPSA) is 91.5 Å². The molecule has 3 rings (SSSR count). The van der Waals surface area contributed by atoms with Crippen LogP contribution < -0.4 is 4.90 Å². The molecule has 0 spiro atoms. The molecule has 7 nitrogen and oxygen atoms in total. The Bertz CT molecular complexity index is 931. The van der Waals surface area contributed by atoms with E-state index in [0.717, 1.165) is 5.39 Å². The molecule has 2 aromatic heterocycles. The SMILES string of the molecule is CN(c1cc(-n2ccnc2)c2ccc(Cl)c(Cl)c2n1)[C@@H](CO)C(=O)O. The summed E-state index contributed by atoms with van der Waals surface area (Å²) < 4.78 is 1.76. The van der Waals surface area contributed by atoms with Gasteiger partial charge in [-0.25, -0.2) is 14.8 Å². The van der Waals surface area contributed by atoms with Crippen molar-refractivity contribution in [3.05, 3.63) is 47.0 Å². The van der Waals surface area contributed by atoms with Gasteiger partial charge < -0.3 is 19.7 Å². The lowest BCUT2D eigenvalue weighted by Gasteiger charge is -2.25. The van der Waals surface area contributed by atoms with Crippen LogP contribution in [0.25, 0.3) is 16.6 Å². The second-order valence-corrected chi connectivity index (χ2v) is 6.16. The first kappa shape index (κ1) is 17.5. The zero-order valence-corrected chi connectivity index (χ0v) is 14.6. The van der Waals surface area contributed by atoms with Crippen molar-refractivity contribution in [3.8, 4) is 5.69 Å². The van der Waals surface area contributed by atoms with Crippen molar-refractivity contribution in [2.75, 3.05) is 18.6 Å². The molecule has 3 aromatic rings. The van der Waals surface area contributed by atoms with Gasteiger partial charge in [0.05, 0.1) is 34.2 Å². The molecule has 2 heterocycles. The van der Waals surface area contributed by atoms with E-state index in [2.05, 4.69) is 9.97 Å². The van der Waals surface area contributed by atoms with Crippen molar-refractivity contribution in [1.29, 1.82) is 0 Å². The number of carboxylic acid groups (broad SMARTS) is 1. The maximum Gasteiger partial charge on any atom is 0.328 e. The third-order valence-corrected chi connectivity index (χ3v) is 4.70. The van der Waals surface area contributed by atoms with Gasteiger partial charge in [0.2, 0.25) is 0 Å². The Kier molecular flexibility index (Phi) is 4.80. The summed E-state index contributed by atoms with van der Waals surface area (Å²) in [4.78, 5) is 21.2. The van der Waals surface area contributed by atoms with Gasteiger partial charge in [-0.2, -0.15) is 0 Å². The molecule has 0 amide bonds. The highest BCUT2D eigenvalue weighted by Crippen LogP contribution is 2.34. The largest absolute Gasteiger partial charge is 0.480 e. The summed E-state index contributed by atoms with van der Waals surface area (Å²) in [6.45, 7) is -0.560. The predicted molar refractivity (Wildman–Crippen MR) is 95.8 cm³/mol. The number of rotatable bonds is 5. The minimum atomic E-state index is -1.16. The van der Waals surface area contributed by atoms with Crippen LogP contribution in [0.4, 0.5) is 5.82 Å². The second-order valence-electron chi connectivity index (χ2n) is 5.37. The minimum Gasteiger partial charge on any atom is -0.480 e. The van der Waals surface area contributed by atoms with E-state index in [1.165, 1.54) is 4.90 Å². The van der Waals surface area contributed by atoms with E-state index in [9.17, 15) is 15.0 Å². The number of fused-ring (bicyclic) bond motifs is 1. The molecule has 0 fully saturated rings. The third-order valence-electron chi connectivity index (χ3n) is 3.91. The number of imidazole rings is 1. The van der Waals surface area contributed by atoms with Gasteiger partial charge in [0.1, 0.15) is 5.82 Å². The molecule has 0 radical (unpaired) electrons. The molecule has 25 heavy (non-hydrogen) atoms. The summed E-state index contributed by atoms with van der Waals surface area (Å²) in [6, 6.07) is 4.03. The molecule has 1 atom stereocenters. The first-order valence-electron chi connectivity index (χ1n) is 7.27. The fourth-order valence-corrected chi connectivity index (χ4v) is 2.88. The van der Waals surface area contributed by atoms with Crippen molar-refractivity contribution >= 4 is 45.9 Å². The average Bonchev–Trinajstić information content (AvgIpc) is 3.12. The lowest BCUT2D eigenvalue weighted by atomic mass is 10.1. The van der Waals surface area contributed by atoms with E-state index in [1.54, 1.807) is 48.5 Å². The lowest BCUT2D eigenvalue weighted by Crippen LogP contribution is -2.41. The van der Waals surface area contributed by atoms with Crippen LogP contribution in [0.2, 0.25) is 10.0 Å². The lowest BCUT2D eigenvalue weighted by molar-refractivity contribution is -0.139. The number of aliphatic hydroxyl groups is 1. The zero-order chi connectivity index (χ0) is 18.1. The third kappa shape index (κ3) is 3.13. The summed E-state index contributed by atoms with van der Waals surface area (Å²) >= 11 is 12.4. The maximum atomic E-state index is 11.4. The van der Waals surface area contributed by atoms with Gasteiger partial charge in [-0.3, -0.25) is 0 Å². The highest BCUT2D eigenvalue weighted by Gasteiger charge is 2.24. The van der Waals surface area contributed by atoms with Crippen LogP contribution in [-0.2, 0) is 4.79 Å². The molecule has 9 heteroatoms. The summed E-state index contributed by atoms with van der Waals surface area (Å²) in [5, 5.41) is 20.0. The van der Waals surface area contributed by atoms with E-state index < -0.39 is 18.6 Å². The van der Waals surface area contributed by atoms with Gasteiger partial charge in [-0.05, 0) is 12.1 Å². The minimum absolute atomic E-state index is 0.270. The number of aliphatic hydroxyl groups excluding tert-OH is 1. The van der Waals surface area contributed by atoms with Crippen molar-refractivity contribution in [2.45, 2.75) is 6.04 Å². The van der Waals surface area contributed by atoms with Crippen LogP contribution in [0.3, 0.4) is 0 Å². The number of nitrogens with zero attached hydrogens (tertiary/aromatic N) is 4. The molecule has 2 N–H and O–H groups in total. The second kappa shape index (κ2) is 6.87. The van der Waals surface area contributed by atoms with E-state index in [0.29, 0.717) is 22.0 Å². The molecule has 0 aliphatic rings. The number of anilines is 1. The number of aliphatic carboxylic acids is 1. The predicted octanol–water partition coefficient (Wildman–Crippen LogP) is 2.61. The molecule has 130 valence electrons. The Hall–Kier alpha value is -2.35. The van der Waals surface area contributed by atoms with E-state index >= 15 is 0 Å². The van der Waals surface area contributed by atoms with Gasteiger partial charge in [-0.1, -0.05) is 23.2 Å². The number of pyridine rings is 1. The van der Waals surface area contributed by atoms with E-state index in [1.807, 2.05) is 0 Å². The van der Waals surface area contributed by atoms with Crippen LogP contribution in [0.15, 0.2) is 36.9 Å². The number of hydrogen-bond acceptors (Lipinski definition) is 5. The summed E-state index contributed by atoms with van der Waals surface area (Å²) in [5.41, 5.74) is 1.15. The van der Waals surface area contributed by atoms with Gasteiger partial charge >= 0.3 is 5.97 Å². The Morgan fingerprint density at radius 2 is 2.16 bits per heavy atom. The van der Waals surface area contributed by atoms with Crippen LogP contribution in [0.5, 0.6) is 0 Å². The molecule has 0 saturated heterocycles. The number of carbonyl (C=O) groups is 1. The van der Waals surface area contributed by atoms with Gasteiger partial charge in [-0.15, -0.1) is 0 Å². The molecular formula is C16H14Cl2N4O3. The number of aromatic nitrogens is 3. The summed E-state index contributed by atoms with van der Waals surface area (Å²) in [5.74, 6) is -0.824. The van der Waals surface area contributed by atoms with Gasteiger partial charge in [0, 0.05) is 30.9 Å². The first-order chi connectivity index (χ1) is 11.9. The Balaban J connectivity index is 2.27. The summed E-state index contributed by atoms with van der Waals surface area (Å²) in [7, 11) is 1.54. The number of benzene rings is 1. The van der Waals surface area contributed by atoms with Crippen LogP contribution in [0.1, 0.15) is 0 Å². The number of hydrogen-bond donors (Lipinski definition) is 2. The number of halogens is 2. The average molecular weight is 381 g/mol. The highest BCUT2D eigenvalue weighted by atomic mass is 35.5. The van der Waals surface area contributed by atoms with Crippen LogP contribution >= 0.6 is 23.2 Å².